The first-order chi connectivity index (χ1) is 9.16. The molecule has 0 atom stereocenters. The van der Waals surface area contributed by atoms with Crippen LogP contribution < -0.4 is 10.6 Å². The van der Waals surface area contributed by atoms with Crippen molar-refractivity contribution >= 4 is 33.2 Å². The maximum absolute atomic E-state index is 12.5. The molecule has 3 rings (SSSR count). The molecule has 4 nitrogen and oxygen atoms in total. The number of rotatable bonds is 1. The van der Waals surface area contributed by atoms with E-state index in [2.05, 4.69) is 20.9 Å². The fourth-order valence-electron chi connectivity index (χ4n) is 2.30. The number of nitrogens with zero attached hydrogens (tertiary/aromatic N) is 2. The fraction of sp³-hybridized carbons (Fsp3) is 0.143. The van der Waals surface area contributed by atoms with Crippen molar-refractivity contribution < 1.29 is 4.79 Å². The van der Waals surface area contributed by atoms with Gasteiger partial charge in [-0.2, -0.15) is 0 Å². The number of aromatic nitrogens is 1. The van der Waals surface area contributed by atoms with Crippen molar-refractivity contribution in [1.29, 1.82) is 0 Å². The molecule has 0 saturated carbocycles. The Bertz CT molecular complexity index is 657. The molecule has 0 fully saturated rings. The van der Waals surface area contributed by atoms with Crippen LogP contribution in [0.5, 0.6) is 0 Å². The SMILES string of the molecule is Nc1ccc2c(c1)CCN2C(=O)c1ncccc1Br. The summed E-state index contributed by atoms with van der Waals surface area (Å²) in [5, 5.41) is 0. The largest absolute Gasteiger partial charge is 0.399 e. The third-order valence-corrected chi connectivity index (χ3v) is 3.85. The molecular weight excluding hydrogens is 306 g/mol. The minimum Gasteiger partial charge on any atom is -0.399 e. The summed E-state index contributed by atoms with van der Waals surface area (Å²) in [4.78, 5) is 18.4. The molecular formula is C14H12BrN3O. The van der Waals surface area contributed by atoms with Crippen molar-refractivity contribution in [1.82, 2.24) is 4.98 Å². The lowest BCUT2D eigenvalue weighted by molar-refractivity contribution is 0.0984. The van der Waals surface area contributed by atoms with E-state index in [1.54, 1.807) is 17.2 Å². The maximum atomic E-state index is 12.5. The first kappa shape index (κ1) is 12.2. The Morgan fingerprint density at radius 3 is 3.00 bits per heavy atom. The predicted molar refractivity (Wildman–Crippen MR) is 78.2 cm³/mol. The third kappa shape index (κ3) is 2.10. The lowest BCUT2D eigenvalue weighted by atomic mass is 10.1. The number of benzene rings is 1. The number of nitrogens with two attached hydrogens (primary N) is 1. The van der Waals surface area contributed by atoms with Crippen LogP contribution in [-0.2, 0) is 6.42 Å². The average Bonchev–Trinajstić information content (AvgIpc) is 2.81. The highest BCUT2D eigenvalue weighted by atomic mass is 79.9. The third-order valence-electron chi connectivity index (χ3n) is 3.21. The number of hydrogen-bond donors (Lipinski definition) is 1. The van der Waals surface area contributed by atoms with Crippen molar-refractivity contribution in [3.05, 3.63) is 52.3 Å². The highest BCUT2D eigenvalue weighted by Gasteiger charge is 2.27. The maximum Gasteiger partial charge on any atom is 0.278 e. The topological polar surface area (TPSA) is 59.2 Å². The van der Waals surface area contributed by atoms with Crippen LogP contribution in [0, 0.1) is 0 Å². The van der Waals surface area contributed by atoms with E-state index in [0.717, 1.165) is 23.4 Å². The highest BCUT2D eigenvalue weighted by Crippen LogP contribution is 2.31. The van der Waals surface area contributed by atoms with Gasteiger partial charge in [0.05, 0.1) is 0 Å². The van der Waals surface area contributed by atoms with Crippen LogP contribution in [0.25, 0.3) is 0 Å². The van der Waals surface area contributed by atoms with E-state index in [0.29, 0.717) is 16.7 Å². The average molecular weight is 318 g/mol. The molecule has 0 radical (unpaired) electrons. The Morgan fingerprint density at radius 1 is 1.37 bits per heavy atom. The Morgan fingerprint density at radius 2 is 2.21 bits per heavy atom. The second-order valence-corrected chi connectivity index (χ2v) is 5.28. The number of carbonyl (C=O) groups is 1. The number of hydrogen-bond acceptors (Lipinski definition) is 3. The zero-order valence-corrected chi connectivity index (χ0v) is 11.7. The number of amides is 1. The second kappa shape index (κ2) is 4.66. The van der Waals surface area contributed by atoms with Crippen molar-refractivity contribution in [3.63, 3.8) is 0 Å². The van der Waals surface area contributed by atoms with Crippen LogP contribution in [-0.4, -0.2) is 17.4 Å². The molecule has 96 valence electrons. The number of fused-ring (bicyclic) bond motifs is 1. The van der Waals surface area contributed by atoms with Gasteiger partial charge in [0.15, 0.2) is 0 Å². The monoisotopic (exact) mass is 317 g/mol. The van der Waals surface area contributed by atoms with Gasteiger partial charge in [-0.3, -0.25) is 4.79 Å². The number of carbonyl (C=O) groups excluding carboxylic acids is 1. The van der Waals surface area contributed by atoms with Gasteiger partial charge in [-0.25, -0.2) is 4.98 Å². The molecule has 5 heteroatoms. The van der Waals surface area contributed by atoms with Gasteiger partial charge in [-0.1, -0.05) is 0 Å². The molecule has 0 aliphatic carbocycles. The van der Waals surface area contributed by atoms with E-state index in [4.69, 9.17) is 5.73 Å². The van der Waals surface area contributed by atoms with Crippen LogP contribution in [0.3, 0.4) is 0 Å². The van der Waals surface area contributed by atoms with Crippen molar-refractivity contribution in [2.75, 3.05) is 17.2 Å². The number of nitrogen functional groups attached to an aromatic ring is 1. The Hall–Kier alpha value is -1.88. The van der Waals surface area contributed by atoms with E-state index in [9.17, 15) is 4.79 Å². The van der Waals surface area contributed by atoms with Gasteiger partial charge in [-0.15, -0.1) is 0 Å². The molecule has 2 aromatic rings. The molecule has 0 saturated heterocycles. The van der Waals surface area contributed by atoms with Gasteiger partial charge in [0.2, 0.25) is 0 Å². The quantitative estimate of drug-likeness (QED) is 0.822. The van der Waals surface area contributed by atoms with Crippen LogP contribution >= 0.6 is 15.9 Å². The van der Waals surface area contributed by atoms with Crippen LogP contribution in [0.1, 0.15) is 16.1 Å². The van der Waals surface area contributed by atoms with Crippen LogP contribution in [0.15, 0.2) is 41.0 Å². The summed E-state index contributed by atoms with van der Waals surface area (Å²) in [6, 6.07) is 9.25. The molecule has 0 unspecified atom stereocenters. The van der Waals surface area contributed by atoms with E-state index < -0.39 is 0 Å². The summed E-state index contributed by atoms with van der Waals surface area (Å²) in [6.45, 7) is 0.667. The fourth-order valence-corrected chi connectivity index (χ4v) is 2.73. The van der Waals surface area contributed by atoms with Crippen molar-refractivity contribution in [2.45, 2.75) is 6.42 Å². The van der Waals surface area contributed by atoms with Gasteiger partial charge >= 0.3 is 0 Å². The zero-order valence-electron chi connectivity index (χ0n) is 10.1. The van der Waals surface area contributed by atoms with Crippen molar-refractivity contribution in [3.8, 4) is 0 Å². The summed E-state index contributed by atoms with van der Waals surface area (Å²) in [5.74, 6) is -0.0870. The lowest BCUT2D eigenvalue weighted by Gasteiger charge is -2.17. The molecule has 0 spiro atoms. The highest BCUT2D eigenvalue weighted by molar-refractivity contribution is 9.10. The lowest BCUT2D eigenvalue weighted by Crippen LogP contribution is -2.29. The minimum atomic E-state index is -0.0870. The molecule has 1 amide bonds. The second-order valence-electron chi connectivity index (χ2n) is 4.43. The molecule has 1 aliphatic heterocycles. The normalized spacial score (nSPS) is 13.4. The Balaban J connectivity index is 1.98. The molecule has 1 aliphatic rings. The van der Waals surface area contributed by atoms with Crippen LogP contribution in [0.4, 0.5) is 11.4 Å². The van der Waals surface area contributed by atoms with Gasteiger partial charge < -0.3 is 10.6 Å². The standard InChI is InChI=1S/C14H12BrN3O/c15-11-2-1-6-17-13(11)14(19)18-7-5-9-8-10(16)3-4-12(9)18/h1-4,6,8H,5,7,16H2. The van der Waals surface area contributed by atoms with E-state index in [1.165, 1.54) is 0 Å². The number of pyridine rings is 1. The zero-order chi connectivity index (χ0) is 13.4. The Kier molecular flexibility index (Phi) is 2.98. The minimum absolute atomic E-state index is 0.0870. The predicted octanol–water partition coefficient (Wildman–Crippen LogP) is 2.63. The van der Waals surface area contributed by atoms with Crippen LogP contribution in [0.2, 0.25) is 0 Å². The molecule has 2 heterocycles. The number of halogens is 1. The summed E-state index contributed by atoms with van der Waals surface area (Å²) in [6.07, 6.45) is 2.45. The summed E-state index contributed by atoms with van der Waals surface area (Å²) in [7, 11) is 0. The number of anilines is 2. The first-order valence-corrected chi connectivity index (χ1v) is 6.77. The molecule has 0 bridgehead atoms. The summed E-state index contributed by atoms with van der Waals surface area (Å²) < 4.78 is 0.712. The van der Waals surface area contributed by atoms with E-state index in [1.807, 2.05) is 24.3 Å². The Labute approximate surface area is 119 Å². The van der Waals surface area contributed by atoms with Gasteiger partial charge in [-0.05, 0) is 58.2 Å². The van der Waals surface area contributed by atoms with Gasteiger partial charge in [0, 0.05) is 28.6 Å². The molecule has 19 heavy (non-hydrogen) atoms. The molecule has 1 aromatic heterocycles. The van der Waals surface area contributed by atoms with Gasteiger partial charge in [0.1, 0.15) is 5.69 Å². The van der Waals surface area contributed by atoms with Crippen molar-refractivity contribution in [2.24, 2.45) is 0 Å². The smallest absolute Gasteiger partial charge is 0.278 e. The van der Waals surface area contributed by atoms with E-state index in [-0.39, 0.29) is 5.91 Å². The van der Waals surface area contributed by atoms with Gasteiger partial charge in [0.25, 0.3) is 5.91 Å². The molecule has 2 N–H and O–H groups in total. The summed E-state index contributed by atoms with van der Waals surface area (Å²) >= 11 is 3.37. The summed E-state index contributed by atoms with van der Waals surface area (Å²) in [5.41, 5.74) is 8.97. The first-order valence-electron chi connectivity index (χ1n) is 5.97. The molecule has 1 aromatic carbocycles. The van der Waals surface area contributed by atoms with E-state index >= 15 is 0 Å².